The molecular weight excluding hydrogens is 232 g/mol. The van der Waals surface area contributed by atoms with Gasteiger partial charge in [-0.2, -0.15) is 0 Å². The van der Waals surface area contributed by atoms with Crippen LogP contribution in [-0.2, 0) is 0 Å². The number of benzene rings is 1. The molecule has 0 aliphatic carbocycles. The minimum atomic E-state index is 0.224. The second kappa shape index (κ2) is 7.50. The number of ketones is 1. The number of halogens is 1. The van der Waals surface area contributed by atoms with Crippen molar-refractivity contribution in [3.8, 4) is 0 Å². The Morgan fingerprint density at radius 1 is 1.18 bits per heavy atom. The van der Waals surface area contributed by atoms with E-state index in [1.54, 1.807) is 0 Å². The Labute approximate surface area is 109 Å². The lowest BCUT2D eigenvalue weighted by molar-refractivity contribution is 0.0978. The Bertz CT molecular complexity index is 371. The molecule has 94 valence electrons. The van der Waals surface area contributed by atoms with Crippen LogP contribution in [0.3, 0.4) is 0 Å². The molecule has 1 aromatic carbocycles. The minimum Gasteiger partial charge on any atom is -0.294 e. The summed E-state index contributed by atoms with van der Waals surface area (Å²) >= 11 is 6.01. The second-order valence-corrected chi connectivity index (χ2v) is 4.91. The summed E-state index contributed by atoms with van der Waals surface area (Å²) in [5.41, 5.74) is 1.70. The van der Waals surface area contributed by atoms with E-state index < -0.39 is 0 Å². The largest absolute Gasteiger partial charge is 0.294 e. The van der Waals surface area contributed by atoms with Crippen LogP contribution in [0.4, 0.5) is 0 Å². The van der Waals surface area contributed by atoms with Gasteiger partial charge in [0.2, 0.25) is 0 Å². The van der Waals surface area contributed by atoms with E-state index in [2.05, 4.69) is 6.92 Å². The molecule has 0 aliphatic heterocycles. The lowest BCUT2D eigenvalue weighted by Gasteiger charge is -2.06. The summed E-state index contributed by atoms with van der Waals surface area (Å²) in [4.78, 5) is 12.0. The Morgan fingerprint density at radius 2 is 1.88 bits per heavy atom. The minimum absolute atomic E-state index is 0.224. The predicted molar refractivity (Wildman–Crippen MR) is 73.9 cm³/mol. The highest BCUT2D eigenvalue weighted by Gasteiger charge is 2.10. The Hall–Kier alpha value is -0.820. The smallest absolute Gasteiger partial charge is 0.163 e. The molecular formula is C15H21ClO. The van der Waals surface area contributed by atoms with Crippen molar-refractivity contribution in [2.24, 2.45) is 0 Å². The van der Waals surface area contributed by atoms with Crippen LogP contribution in [0.25, 0.3) is 0 Å². The van der Waals surface area contributed by atoms with Gasteiger partial charge in [-0.3, -0.25) is 4.79 Å². The van der Waals surface area contributed by atoms with Crippen molar-refractivity contribution in [3.05, 3.63) is 34.3 Å². The summed E-state index contributed by atoms with van der Waals surface area (Å²) in [5, 5.41) is 0.682. The number of unbranched alkanes of at least 4 members (excludes halogenated alkanes) is 4. The first-order valence-corrected chi connectivity index (χ1v) is 6.83. The highest BCUT2D eigenvalue weighted by atomic mass is 35.5. The van der Waals surface area contributed by atoms with E-state index in [-0.39, 0.29) is 5.78 Å². The van der Waals surface area contributed by atoms with Gasteiger partial charge in [0, 0.05) is 17.0 Å². The van der Waals surface area contributed by atoms with Crippen molar-refractivity contribution in [3.63, 3.8) is 0 Å². The molecule has 2 heteroatoms. The lowest BCUT2D eigenvalue weighted by Crippen LogP contribution is -2.01. The van der Waals surface area contributed by atoms with E-state index >= 15 is 0 Å². The molecule has 0 radical (unpaired) electrons. The van der Waals surface area contributed by atoms with E-state index in [4.69, 9.17) is 11.6 Å². The summed E-state index contributed by atoms with van der Waals surface area (Å²) in [5.74, 6) is 0.224. The Morgan fingerprint density at radius 3 is 2.59 bits per heavy atom. The van der Waals surface area contributed by atoms with Crippen LogP contribution >= 0.6 is 11.6 Å². The summed E-state index contributed by atoms with van der Waals surface area (Å²) in [6.45, 7) is 4.10. The van der Waals surface area contributed by atoms with Crippen LogP contribution in [-0.4, -0.2) is 5.78 Å². The van der Waals surface area contributed by atoms with Gasteiger partial charge in [0.25, 0.3) is 0 Å². The number of rotatable bonds is 7. The molecule has 0 amide bonds. The molecule has 0 fully saturated rings. The van der Waals surface area contributed by atoms with Crippen molar-refractivity contribution >= 4 is 17.4 Å². The maximum Gasteiger partial charge on any atom is 0.163 e. The fraction of sp³-hybridized carbons (Fsp3) is 0.533. The van der Waals surface area contributed by atoms with Gasteiger partial charge >= 0.3 is 0 Å². The van der Waals surface area contributed by atoms with Crippen LogP contribution in [0.1, 0.15) is 61.4 Å². The molecule has 0 saturated carbocycles. The van der Waals surface area contributed by atoms with Crippen LogP contribution in [0.15, 0.2) is 18.2 Å². The highest BCUT2D eigenvalue weighted by molar-refractivity contribution is 6.31. The fourth-order valence-corrected chi connectivity index (χ4v) is 2.11. The summed E-state index contributed by atoms with van der Waals surface area (Å²) in [6, 6.07) is 5.55. The van der Waals surface area contributed by atoms with Gasteiger partial charge in [-0.1, -0.05) is 56.3 Å². The maximum atomic E-state index is 12.0. The fourth-order valence-electron chi connectivity index (χ4n) is 1.93. The highest BCUT2D eigenvalue weighted by Crippen LogP contribution is 2.20. The number of carbonyl (C=O) groups excluding carboxylic acids is 1. The van der Waals surface area contributed by atoms with Crippen molar-refractivity contribution in [2.75, 3.05) is 0 Å². The molecule has 0 aliphatic rings. The zero-order chi connectivity index (χ0) is 12.7. The molecule has 0 unspecified atom stereocenters. The van der Waals surface area contributed by atoms with Crippen molar-refractivity contribution in [2.45, 2.75) is 52.4 Å². The summed E-state index contributed by atoms with van der Waals surface area (Å²) < 4.78 is 0. The van der Waals surface area contributed by atoms with E-state index in [1.807, 2.05) is 25.1 Å². The summed E-state index contributed by atoms with van der Waals surface area (Å²) in [7, 11) is 0. The Balaban J connectivity index is 2.44. The van der Waals surface area contributed by atoms with Gasteiger partial charge in [-0.25, -0.2) is 0 Å². The average Bonchev–Trinajstić information content (AvgIpc) is 2.32. The molecule has 0 bridgehead atoms. The lowest BCUT2D eigenvalue weighted by atomic mass is 10.00. The monoisotopic (exact) mass is 252 g/mol. The first-order chi connectivity index (χ1) is 8.16. The zero-order valence-electron chi connectivity index (χ0n) is 10.8. The van der Waals surface area contributed by atoms with Crippen LogP contribution in [0.2, 0.25) is 5.02 Å². The normalized spacial score (nSPS) is 10.5. The standard InChI is InChI=1S/C15H21ClO/c1-3-4-5-6-7-11-15(17)13-9-8-10-14(16)12(13)2/h8-10H,3-7,11H2,1-2H3. The number of hydrogen-bond donors (Lipinski definition) is 0. The number of carbonyl (C=O) groups is 1. The molecule has 0 N–H and O–H groups in total. The van der Waals surface area contributed by atoms with Gasteiger partial charge in [0.1, 0.15) is 0 Å². The number of hydrogen-bond acceptors (Lipinski definition) is 1. The first kappa shape index (κ1) is 14.2. The second-order valence-electron chi connectivity index (χ2n) is 4.50. The third-order valence-corrected chi connectivity index (χ3v) is 3.48. The van der Waals surface area contributed by atoms with Crippen LogP contribution in [0.5, 0.6) is 0 Å². The first-order valence-electron chi connectivity index (χ1n) is 6.45. The van der Waals surface area contributed by atoms with Gasteiger partial charge in [0.05, 0.1) is 0 Å². The molecule has 1 nitrogen and oxygen atoms in total. The summed E-state index contributed by atoms with van der Waals surface area (Å²) in [6.07, 6.45) is 6.53. The van der Waals surface area contributed by atoms with Gasteiger partial charge in [-0.15, -0.1) is 0 Å². The molecule has 0 aromatic heterocycles. The van der Waals surface area contributed by atoms with Crippen molar-refractivity contribution < 1.29 is 4.79 Å². The van der Waals surface area contributed by atoms with Gasteiger partial charge in [-0.05, 0) is 25.0 Å². The van der Waals surface area contributed by atoms with E-state index in [0.29, 0.717) is 11.4 Å². The molecule has 1 aromatic rings. The van der Waals surface area contributed by atoms with Crippen molar-refractivity contribution in [1.82, 2.24) is 0 Å². The average molecular weight is 253 g/mol. The van der Waals surface area contributed by atoms with Gasteiger partial charge in [0.15, 0.2) is 5.78 Å². The Kier molecular flexibility index (Phi) is 6.28. The van der Waals surface area contributed by atoms with Crippen LogP contribution in [0, 0.1) is 6.92 Å². The third-order valence-electron chi connectivity index (χ3n) is 3.08. The van der Waals surface area contributed by atoms with Gasteiger partial charge < -0.3 is 0 Å². The number of Topliss-reactive ketones (excluding diaryl/α,β-unsaturated/α-hetero) is 1. The van der Waals surface area contributed by atoms with Crippen LogP contribution < -0.4 is 0 Å². The maximum absolute atomic E-state index is 12.0. The predicted octanol–water partition coefficient (Wildman–Crippen LogP) is 5.19. The van der Waals surface area contributed by atoms with E-state index in [9.17, 15) is 4.79 Å². The molecule has 0 atom stereocenters. The third kappa shape index (κ3) is 4.51. The molecule has 1 rings (SSSR count). The molecule has 0 heterocycles. The SMILES string of the molecule is CCCCCCCC(=O)c1cccc(Cl)c1C. The van der Waals surface area contributed by atoms with E-state index in [0.717, 1.165) is 24.0 Å². The molecule has 0 spiro atoms. The quantitative estimate of drug-likeness (QED) is 0.482. The zero-order valence-corrected chi connectivity index (χ0v) is 11.5. The topological polar surface area (TPSA) is 17.1 Å². The molecule has 17 heavy (non-hydrogen) atoms. The van der Waals surface area contributed by atoms with Crippen molar-refractivity contribution in [1.29, 1.82) is 0 Å². The molecule has 0 saturated heterocycles. The van der Waals surface area contributed by atoms with E-state index in [1.165, 1.54) is 19.3 Å².